The Morgan fingerprint density at radius 2 is 1.61 bits per heavy atom. The van der Waals surface area contributed by atoms with Crippen LogP contribution in [-0.2, 0) is 9.53 Å². The van der Waals surface area contributed by atoms with E-state index < -0.39 is 5.97 Å². The molecule has 1 heterocycles. The van der Waals surface area contributed by atoms with Gasteiger partial charge in [-0.05, 0) is 51.4 Å². The topological polar surface area (TPSA) is 87.7 Å². The van der Waals surface area contributed by atoms with Gasteiger partial charge in [0.25, 0.3) is 0 Å². The molecule has 0 bridgehead atoms. The molecule has 0 radical (unpaired) electrons. The van der Waals surface area contributed by atoms with Gasteiger partial charge in [-0.1, -0.05) is 12.8 Å². The number of nitrogens with one attached hydrogen (secondary N) is 2. The van der Waals surface area contributed by atoms with E-state index in [1.165, 1.54) is 12.8 Å². The Kier molecular flexibility index (Phi) is 5.09. The molecule has 3 aliphatic rings. The first-order valence-electron chi connectivity index (χ1n) is 9.00. The lowest BCUT2D eigenvalue weighted by Gasteiger charge is -2.38. The van der Waals surface area contributed by atoms with Crippen LogP contribution in [0.4, 0.5) is 4.79 Å². The predicted molar refractivity (Wildman–Crippen MR) is 85.2 cm³/mol. The van der Waals surface area contributed by atoms with Crippen LogP contribution in [0.5, 0.6) is 0 Å². The van der Waals surface area contributed by atoms with Crippen molar-refractivity contribution in [3.63, 3.8) is 0 Å². The summed E-state index contributed by atoms with van der Waals surface area (Å²) in [5.74, 6) is -0.953. The number of hydrogen-bond donors (Lipinski definition) is 3. The summed E-state index contributed by atoms with van der Waals surface area (Å²) in [6, 6.07) is 0.187. The van der Waals surface area contributed by atoms with E-state index in [0.29, 0.717) is 12.8 Å². The smallest absolute Gasteiger partial charge is 0.315 e. The van der Waals surface area contributed by atoms with Crippen LogP contribution in [0, 0.1) is 5.92 Å². The van der Waals surface area contributed by atoms with Gasteiger partial charge in [-0.25, -0.2) is 4.79 Å². The minimum Gasteiger partial charge on any atom is -0.481 e. The highest BCUT2D eigenvalue weighted by Crippen LogP contribution is 2.39. The van der Waals surface area contributed by atoms with Gasteiger partial charge in [-0.15, -0.1) is 0 Å². The van der Waals surface area contributed by atoms with Gasteiger partial charge in [0.1, 0.15) is 0 Å². The predicted octanol–water partition coefficient (Wildman–Crippen LogP) is 2.42. The third-order valence-corrected chi connectivity index (χ3v) is 5.75. The standard InChI is InChI=1S/C17H28N2O4/c20-15(21)12-3-5-13(6-4-12)18-16(22)19-14-7-10-23-17(11-14)8-1-2-9-17/h12-14H,1-11H2,(H,20,21)(H2,18,19,22). The Morgan fingerprint density at radius 3 is 2.26 bits per heavy atom. The summed E-state index contributed by atoms with van der Waals surface area (Å²) < 4.78 is 6.00. The molecule has 130 valence electrons. The third kappa shape index (κ3) is 4.16. The zero-order chi connectivity index (χ0) is 16.3. The SMILES string of the molecule is O=C(NC1CCC(C(=O)O)CC1)NC1CCOC2(CCCC2)C1. The van der Waals surface area contributed by atoms with Gasteiger partial charge in [0.05, 0.1) is 11.5 Å². The van der Waals surface area contributed by atoms with Crippen LogP contribution in [0.15, 0.2) is 0 Å². The van der Waals surface area contributed by atoms with Crippen molar-refractivity contribution in [2.45, 2.75) is 81.9 Å². The van der Waals surface area contributed by atoms with E-state index in [2.05, 4.69) is 10.6 Å². The highest BCUT2D eigenvalue weighted by molar-refractivity contribution is 5.74. The normalized spacial score (nSPS) is 33.3. The molecule has 2 saturated carbocycles. The Morgan fingerprint density at radius 1 is 0.957 bits per heavy atom. The molecule has 1 aliphatic heterocycles. The lowest BCUT2D eigenvalue weighted by Crippen LogP contribution is -2.52. The molecule has 3 N–H and O–H groups in total. The minimum atomic E-state index is -0.711. The number of carboxylic acids is 1. The second-order valence-corrected chi connectivity index (χ2v) is 7.43. The van der Waals surface area contributed by atoms with Crippen molar-refractivity contribution >= 4 is 12.0 Å². The average Bonchev–Trinajstić information content (AvgIpc) is 2.95. The summed E-state index contributed by atoms with van der Waals surface area (Å²) in [5.41, 5.74) is 0.00967. The van der Waals surface area contributed by atoms with E-state index in [4.69, 9.17) is 9.84 Å². The number of carbonyl (C=O) groups is 2. The van der Waals surface area contributed by atoms with E-state index in [1.807, 2.05) is 0 Å². The minimum absolute atomic E-state index is 0.00967. The molecular formula is C17H28N2O4. The summed E-state index contributed by atoms with van der Waals surface area (Å²) >= 11 is 0. The second kappa shape index (κ2) is 7.07. The van der Waals surface area contributed by atoms with Crippen molar-refractivity contribution in [1.29, 1.82) is 0 Å². The van der Waals surface area contributed by atoms with E-state index in [0.717, 1.165) is 45.1 Å². The molecule has 23 heavy (non-hydrogen) atoms. The van der Waals surface area contributed by atoms with Crippen LogP contribution >= 0.6 is 0 Å². The molecular weight excluding hydrogens is 296 g/mol. The molecule has 1 unspecified atom stereocenters. The van der Waals surface area contributed by atoms with Gasteiger partial charge >= 0.3 is 12.0 Å². The Labute approximate surface area is 137 Å². The maximum Gasteiger partial charge on any atom is 0.315 e. The van der Waals surface area contributed by atoms with E-state index in [1.54, 1.807) is 0 Å². The van der Waals surface area contributed by atoms with Crippen molar-refractivity contribution < 1.29 is 19.4 Å². The highest BCUT2D eigenvalue weighted by Gasteiger charge is 2.40. The van der Waals surface area contributed by atoms with Crippen LogP contribution in [-0.4, -0.2) is 41.4 Å². The maximum absolute atomic E-state index is 12.2. The number of amides is 2. The fourth-order valence-electron chi connectivity index (χ4n) is 4.42. The second-order valence-electron chi connectivity index (χ2n) is 7.43. The summed E-state index contributed by atoms with van der Waals surface area (Å²) in [5, 5.41) is 15.1. The molecule has 3 fully saturated rings. The van der Waals surface area contributed by atoms with Crippen LogP contribution in [0.1, 0.15) is 64.2 Å². The van der Waals surface area contributed by atoms with Crippen LogP contribution in [0.25, 0.3) is 0 Å². The first-order valence-corrected chi connectivity index (χ1v) is 9.00. The maximum atomic E-state index is 12.2. The molecule has 6 heteroatoms. The Hall–Kier alpha value is -1.30. The van der Waals surface area contributed by atoms with E-state index >= 15 is 0 Å². The summed E-state index contributed by atoms with van der Waals surface area (Å²) in [6.07, 6.45) is 9.30. The quantitative estimate of drug-likeness (QED) is 0.744. The summed E-state index contributed by atoms with van der Waals surface area (Å²) in [7, 11) is 0. The molecule has 2 amide bonds. The number of urea groups is 1. The van der Waals surface area contributed by atoms with E-state index in [-0.39, 0.29) is 29.6 Å². The van der Waals surface area contributed by atoms with Crippen molar-refractivity contribution in [2.75, 3.05) is 6.61 Å². The zero-order valence-corrected chi connectivity index (χ0v) is 13.7. The molecule has 1 saturated heterocycles. The molecule has 1 spiro atoms. The Balaban J connectivity index is 1.42. The van der Waals surface area contributed by atoms with Crippen molar-refractivity contribution in [3.05, 3.63) is 0 Å². The Bertz CT molecular complexity index is 440. The lowest BCUT2D eigenvalue weighted by molar-refractivity contribution is -0.142. The van der Waals surface area contributed by atoms with Gasteiger partial charge in [-0.3, -0.25) is 4.79 Å². The largest absolute Gasteiger partial charge is 0.481 e. The summed E-state index contributed by atoms with van der Waals surface area (Å²) in [6.45, 7) is 0.731. The van der Waals surface area contributed by atoms with Crippen LogP contribution in [0.2, 0.25) is 0 Å². The highest BCUT2D eigenvalue weighted by atomic mass is 16.5. The van der Waals surface area contributed by atoms with Gasteiger partial charge in [0.2, 0.25) is 0 Å². The van der Waals surface area contributed by atoms with Crippen molar-refractivity contribution in [2.24, 2.45) is 5.92 Å². The molecule has 0 aromatic heterocycles. The number of rotatable bonds is 3. The first kappa shape index (κ1) is 16.6. The number of carboxylic acid groups (broad SMARTS) is 1. The molecule has 0 aromatic rings. The van der Waals surface area contributed by atoms with Crippen LogP contribution in [0.3, 0.4) is 0 Å². The van der Waals surface area contributed by atoms with Gasteiger partial charge in [0, 0.05) is 18.7 Å². The lowest BCUT2D eigenvalue weighted by atomic mass is 9.86. The molecule has 3 rings (SSSR count). The van der Waals surface area contributed by atoms with Gasteiger partial charge in [0.15, 0.2) is 0 Å². The fourth-order valence-corrected chi connectivity index (χ4v) is 4.42. The number of aliphatic carboxylic acids is 1. The van der Waals surface area contributed by atoms with Gasteiger partial charge in [-0.2, -0.15) is 0 Å². The number of ether oxygens (including phenoxy) is 1. The summed E-state index contributed by atoms with van der Waals surface area (Å²) in [4.78, 5) is 23.2. The molecule has 0 aromatic carbocycles. The molecule has 2 aliphatic carbocycles. The number of hydrogen-bond acceptors (Lipinski definition) is 3. The van der Waals surface area contributed by atoms with Crippen molar-refractivity contribution in [3.8, 4) is 0 Å². The van der Waals surface area contributed by atoms with E-state index in [9.17, 15) is 9.59 Å². The molecule has 1 atom stereocenters. The number of carbonyl (C=O) groups excluding carboxylic acids is 1. The average molecular weight is 324 g/mol. The first-order chi connectivity index (χ1) is 11.1. The van der Waals surface area contributed by atoms with Gasteiger partial charge < -0.3 is 20.5 Å². The molecule has 6 nitrogen and oxygen atoms in total. The monoisotopic (exact) mass is 324 g/mol. The third-order valence-electron chi connectivity index (χ3n) is 5.75. The fraction of sp³-hybridized carbons (Fsp3) is 0.882. The van der Waals surface area contributed by atoms with Crippen LogP contribution < -0.4 is 10.6 Å². The zero-order valence-electron chi connectivity index (χ0n) is 13.7. The van der Waals surface area contributed by atoms with Crippen molar-refractivity contribution in [1.82, 2.24) is 10.6 Å².